The molecule has 3 aromatic carbocycles. The lowest BCUT2D eigenvalue weighted by Crippen LogP contribution is -2.48. The van der Waals surface area contributed by atoms with Crippen LogP contribution in [-0.2, 0) is 4.74 Å². The number of amides is 2. The zero-order valence-electron chi connectivity index (χ0n) is 22.5. The summed E-state index contributed by atoms with van der Waals surface area (Å²) in [7, 11) is 1.67. The minimum Gasteiger partial charge on any atom is -0.385 e. The summed E-state index contributed by atoms with van der Waals surface area (Å²) in [5, 5.41) is 3.52. The van der Waals surface area contributed by atoms with Crippen LogP contribution >= 0.6 is 0 Å². The Morgan fingerprint density at radius 2 is 1.74 bits per heavy atom. The van der Waals surface area contributed by atoms with Gasteiger partial charge in [-0.05, 0) is 36.2 Å². The lowest BCUT2D eigenvalue weighted by Gasteiger charge is -2.34. The summed E-state index contributed by atoms with van der Waals surface area (Å²) in [5.74, 6) is 0.0564. The van der Waals surface area contributed by atoms with Gasteiger partial charge in [0, 0.05) is 75.4 Å². The normalized spacial score (nSPS) is 17.6. The summed E-state index contributed by atoms with van der Waals surface area (Å²) in [6.07, 6.45) is 4.79. The molecule has 39 heavy (non-hydrogen) atoms. The first kappa shape index (κ1) is 26.7. The van der Waals surface area contributed by atoms with Crippen LogP contribution in [0.25, 0.3) is 6.08 Å². The molecule has 2 heterocycles. The van der Waals surface area contributed by atoms with Gasteiger partial charge in [-0.3, -0.25) is 14.5 Å². The van der Waals surface area contributed by atoms with Gasteiger partial charge in [0.15, 0.2) is 0 Å². The molecule has 0 bridgehead atoms. The smallest absolute Gasteiger partial charge is 0.256 e. The van der Waals surface area contributed by atoms with Crippen LogP contribution < -0.4 is 5.32 Å². The van der Waals surface area contributed by atoms with E-state index in [1.165, 1.54) is 5.56 Å². The third kappa shape index (κ3) is 6.38. The average Bonchev–Trinajstić information content (AvgIpc) is 3.24. The van der Waals surface area contributed by atoms with E-state index in [2.05, 4.69) is 34.5 Å². The van der Waals surface area contributed by atoms with Crippen molar-refractivity contribution in [2.45, 2.75) is 12.6 Å². The van der Waals surface area contributed by atoms with Crippen LogP contribution in [0.3, 0.4) is 0 Å². The molecule has 5 rings (SSSR count). The van der Waals surface area contributed by atoms with Crippen molar-refractivity contribution in [1.29, 1.82) is 0 Å². The van der Waals surface area contributed by atoms with E-state index in [1.807, 2.05) is 76.5 Å². The van der Waals surface area contributed by atoms with Crippen LogP contribution in [0.4, 0.5) is 5.69 Å². The van der Waals surface area contributed by atoms with E-state index < -0.39 is 0 Å². The molecule has 0 aromatic heterocycles. The Morgan fingerprint density at radius 1 is 0.974 bits per heavy atom. The SMILES string of the molecule is COCCCN1C(=O)c2ccccc2C1Nc1cccc(C(=O)N2CCN(C/C=C/c3ccccc3)CC2)c1. The van der Waals surface area contributed by atoms with Gasteiger partial charge in [-0.25, -0.2) is 0 Å². The van der Waals surface area contributed by atoms with Crippen molar-refractivity contribution >= 4 is 23.6 Å². The van der Waals surface area contributed by atoms with E-state index in [9.17, 15) is 9.59 Å². The number of carbonyl (C=O) groups excluding carboxylic acids is 2. The highest BCUT2D eigenvalue weighted by molar-refractivity contribution is 5.99. The Hall–Kier alpha value is -3.94. The fraction of sp³-hybridized carbons (Fsp3) is 0.312. The van der Waals surface area contributed by atoms with Crippen molar-refractivity contribution in [3.8, 4) is 0 Å². The van der Waals surface area contributed by atoms with Crippen molar-refractivity contribution in [2.75, 3.05) is 58.3 Å². The Labute approximate surface area is 230 Å². The molecule has 1 atom stereocenters. The number of rotatable bonds is 10. The van der Waals surface area contributed by atoms with Gasteiger partial charge < -0.3 is 19.9 Å². The van der Waals surface area contributed by atoms with Crippen LogP contribution in [0.15, 0.2) is 84.9 Å². The number of fused-ring (bicyclic) bond motifs is 1. The third-order valence-corrected chi connectivity index (χ3v) is 7.35. The van der Waals surface area contributed by atoms with Crippen molar-refractivity contribution in [3.05, 3.63) is 107 Å². The first-order valence-electron chi connectivity index (χ1n) is 13.6. The quantitative estimate of drug-likeness (QED) is 0.388. The molecule has 0 saturated carbocycles. The summed E-state index contributed by atoms with van der Waals surface area (Å²) >= 11 is 0. The molecule has 1 fully saturated rings. The zero-order valence-corrected chi connectivity index (χ0v) is 22.5. The summed E-state index contributed by atoms with van der Waals surface area (Å²) in [6, 6.07) is 25.6. The predicted molar refractivity (Wildman–Crippen MR) is 155 cm³/mol. The maximum Gasteiger partial charge on any atom is 0.256 e. The zero-order chi connectivity index (χ0) is 27.0. The number of ether oxygens (including phenoxy) is 1. The predicted octanol–water partition coefficient (Wildman–Crippen LogP) is 4.76. The summed E-state index contributed by atoms with van der Waals surface area (Å²) < 4.78 is 5.20. The molecular formula is C32H36N4O3. The Kier molecular flexibility index (Phi) is 8.71. The number of nitrogens with one attached hydrogen (secondary N) is 1. The molecule has 7 nitrogen and oxygen atoms in total. The van der Waals surface area contributed by atoms with Crippen LogP contribution in [-0.4, -0.2) is 79.5 Å². The molecule has 2 amide bonds. The molecule has 0 aliphatic carbocycles. The number of piperazine rings is 1. The van der Waals surface area contributed by atoms with Gasteiger partial charge in [-0.1, -0.05) is 66.7 Å². The molecule has 7 heteroatoms. The van der Waals surface area contributed by atoms with Gasteiger partial charge in [-0.15, -0.1) is 0 Å². The van der Waals surface area contributed by atoms with Crippen molar-refractivity contribution < 1.29 is 14.3 Å². The minimum absolute atomic E-state index is 0.0166. The minimum atomic E-state index is -0.289. The highest BCUT2D eigenvalue weighted by Crippen LogP contribution is 2.34. The first-order valence-corrected chi connectivity index (χ1v) is 13.6. The Balaban J connectivity index is 1.20. The molecule has 202 valence electrons. The maximum absolute atomic E-state index is 13.4. The second-order valence-corrected chi connectivity index (χ2v) is 9.97. The van der Waals surface area contributed by atoms with Gasteiger partial charge in [-0.2, -0.15) is 0 Å². The molecular weight excluding hydrogens is 488 g/mol. The Morgan fingerprint density at radius 3 is 2.54 bits per heavy atom. The molecule has 3 aromatic rings. The van der Waals surface area contributed by atoms with E-state index in [4.69, 9.17) is 4.74 Å². The number of nitrogens with zero attached hydrogens (tertiary/aromatic N) is 3. The van der Waals surface area contributed by atoms with E-state index in [0.29, 0.717) is 31.8 Å². The van der Waals surface area contributed by atoms with E-state index in [0.717, 1.165) is 42.9 Å². The molecule has 2 aliphatic heterocycles. The second-order valence-electron chi connectivity index (χ2n) is 9.97. The highest BCUT2D eigenvalue weighted by Gasteiger charge is 2.36. The molecule has 1 N–H and O–H groups in total. The van der Waals surface area contributed by atoms with Gasteiger partial charge >= 0.3 is 0 Å². The standard InChI is InChI=1S/C32H36N4O3/c1-39-23-9-18-36-30(28-15-5-6-16-29(28)32(36)38)33-27-14-7-13-26(24-27)31(37)35-21-19-34(20-22-35)17-8-12-25-10-3-2-4-11-25/h2-8,10-16,24,30,33H,9,17-23H2,1H3/b12-8+. The van der Waals surface area contributed by atoms with Gasteiger partial charge in [0.1, 0.15) is 6.17 Å². The third-order valence-electron chi connectivity index (χ3n) is 7.35. The number of anilines is 1. The van der Waals surface area contributed by atoms with Crippen molar-refractivity contribution in [2.24, 2.45) is 0 Å². The molecule has 1 unspecified atom stereocenters. The van der Waals surface area contributed by atoms with Gasteiger partial charge in [0.2, 0.25) is 0 Å². The lowest BCUT2D eigenvalue weighted by atomic mass is 10.1. The largest absolute Gasteiger partial charge is 0.385 e. The van der Waals surface area contributed by atoms with Crippen LogP contribution in [0, 0.1) is 0 Å². The number of methoxy groups -OCH3 is 1. The highest BCUT2D eigenvalue weighted by atomic mass is 16.5. The summed E-state index contributed by atoms with van der Waals surface area (Å²) in [6.45, 7) is 5.15. The van der Waals surface area contributed by atoms with E-state index >= 15 is 0 Å². The second kappa shape index (κ2) is 12.7. The molecule has 0 spiro atoms. The van der Waals surface area contributed by atoms with E-state index in [1.54, 1.807) is 7.11 Å². The number of hydrogen-bond acceptors (Lipinski definition) is 5. The lowest BCUT2D eigenvalue weighted by molar-refractivity contribution is 0.0649. The fourth-order valence-corrected chi connectivity index (χ4v) is 5.25. The first-order chi connectivity index (χ1) is 19.1. The maximum atomic E-state index is 13.4. The van der Waals surface area contributed by atoms with Crippen LogP contribution in [0.5, 0.6) is 0 Å². The van der Waals surface area contributed by atoms with Crippen molar-refractivity contribution in [3.63, 3.8) is 0 Å². The van der Waals surface area contributed by atoms with Gasteiger partial charge in [0.25, 0.3) is 11.8 Å². The fourth-order valence-electron chi connectivity index (χ4n) is 5.25. The molecule has 1 saturated heterocycles. The summed E-state index contributed by atoms with van der Waals surface area (Å²) in [4.78, 5) is 32.6. The topological polar surface area (TPSA) is 65.1 Å². The van der Waals surface area contributed by atoms with Gasteiger partial charge in [0.05, 0.1) is 0 Å². The van der Waals surface area contributed by atoms with Crippen LogP contribution in [0.2, 0.25) is 0 Å². The number of hydrogen-bond donors (Lipinski definition) is 1. The monoisotopic (exact) mass is 524 g/mol. The van der Waals surface area contributed by atoms with E-state index in [-0.39, 0.29) is 18.0 Å². The van der Waals surface area contributed by atoms with Crippen molar-refractivity contribution in [1.82, 2.24) is 14.7 Å². The number of carbonyl (C=O) groups is 2. The molecule has 0 radical (unpaired) electrons. The molecule has 2 aliphatic rings. The summed E-state index contributed by atoms with van der Waals surface area (Å²) in [5.41, 5.74) is 4.34. The number of benzene rings is 3. The Bertz CT molecular complexity index is 1300. The van der Waals surface area contributed by atoms with Crippen LogP contribution in [0.1, 0.15) is 44.4 Å². The average molecular weight is 525 g/mol.